The molecule has 1 aromatic rings. The van der Waals surface area contributed by atoms with Crippen LogP contribution in [0.25, 0.3) is 0 Å². The predicted molar refractivity (Wildman–Crippen MR) is 81.5 cm³/mol. The van der Waals surface area contributed by atoms with E-state index in [9.17, 15) is 0 Å². The van der Waals surface area contributed by atoms with Gasteiger partial charge in [0.15, 0.2) is 0 Å². The van der Waals surface area contributed by atoms with E-state index >= 15 is 0 Å². The summed E-state index contributed by atoms with van der Waals surface area (Å²) in [5.41, 5.74) is 8.57. The third-order valence-electron chi connectivity index (χ3n) is 3.55. The van der Waals surface area contributed by atoms with Gasteiger partial charge in [0.05, 0.1) is 38.5 Å². The van der Waals surface area contributed by atoms with Crippen LogP contribution in [0.5, 0.6) is 0 Å². The Bertz CT molecular complexity index is 527. The quantitative estimate of drug-likeness (QED) is 0.674. The highest BCUT2D eigenvalue weighted by Gasteiger charge is 2.18. The van der Waals surface area contributed by atoms with E-state index in [0.29, 0.717) is 0 Å². The van der Waals surface area contributed by atoms with Gasteiger partial charge in [0, 0.05) is 0 Å². The minimum atomic E-state index is 0.732. The Balaban J connectivity index is 2.16. The van der Waals surface area contributed by atoms with Gasteiger partial charge in [-0.3, -0.25) is 0 Å². The molecule has 20 heavy (non-hydrogen) atoms. The van der Waals surface area contributed by atoms with Crippen molar-refractivity contribution in [2.45, 2.75) is 32.1 Å². The molecule has 0 bridgehead atoms. The molecule has 0 saturated heterocycles. The molecule has 0 spiro atoms. The Labute approximate surface area is 122 Å². The average Bonchev–Trinajstić information content (AvgIpc) is 2.40. The molecular formula is C17H24N3+. The zero-order valence-electron chi connectivity index (χ0n) is 12.7. The summed E-state index contributed by atoms with van der Waals surface area (Å²) in [4.78, 5) is 0. The SMILES string of the molecule is C[N+](C)(C)NC1=C(Cc2ccc(C#N)cc2)CCCC1. The fraction of sp³-hybridized carbons (Fsp3) is 0.471. The smallest absolute Gasteiger partial charge is 0.0991 e. The maximum absolute atomic E-state index is 8.85. The van der Waals surface area contributed by atoms with Gasteiger partial charge in [-0.2, -0.15) is 5.26 Å². The van der Waals surface area contributed by atoms with Crippen LogP contribution in [-0.2, 0) is 6.42 Å². The maximum atomic E-state index is 8.85. The Kier molecular flexibility index (Phi) is 4.46. The number of hydrogen-bond acceptors (Lipinski definition) is 2. The Morgan fingerprint density at radius 1 is 1.10 bits per heavy atom. The van der Waals surface area contributed by atoms with E-state index < -0.39 is 0 Å². The minimum Gasteiger partial charge on any atom is -0.241 e. The van der Waals surface area contributed by atoms with E-state index in [1.165, 1.54) is 36.1 Å². The first-order valence-corrected chi connectivity index (χ1v) is 7.27. The molecule has 0 amide bonds. The van der Waals surface area contributed by atoms with Crippen molar-refractivity contribution in [3.63, 3.8) is 0 Å². The summed E-state index contributed by atoms with van der Waals surface area (Å²) in [7, 11) is 6.46. The lowest BCUT2D eigenvalue weighted by Gasteiger charge is -2.30. The third kappa shape index (κ3) is 4.11. The van der Waals surface area contributed by atoms with Gasteiger partial charge in [0.1, 0.15) is 0 Å². The third-order valence-corrected chi connectivity index (χ3v) is 3.55. The second-order valence-electron chi connectivity index (χ2n) is 6.40. The first-order valence-electron chi connectivity index (χ1n) is 7.27. The number of nitrogens with zero attached hydrogens (tertiary/aromatic N) is 2. The van der Waals surface area contributed by atoms with Crippen molar-refractivity contribution in [3.05, 3.63) is 46.7 Å². The van der Waals surface area contributed by atoms with Crippen LogP contribution in [-0.4, -0.2) is 25.7 Å². The first-order chi connectivity index (χ1) is 9.48. The van der Waals surface area contributed by atoms with E-state index in [0.717, 1.165) is 23.0 Å². The fourth-order valence-electron chi connectivity index (χ4n) is 2.65. The fourth-order valence-corrected chi connectivity index (χ4v) is 2.65. The van der Waals surface area contributed by atoms with Gasteiger partial charge in [0.2, 0.25) is 0 Å². The molecule has 2 rings (SSSR count). The van der Waals surface area contributed by atoms with Crippen LogP contribution >= 0.6 is 0 Å². The molecule has 0 atom stereocenters. The Morgan fingerprint density at radius 3 is 2.35 bits per heavy atom. The topological polar surface area (TPSA) is 35.8 Å². The van der Waals surface area contributed by atoms with Crippen LogP contribution in [0.15, 0.2) is 35.5 Å². The van der Waals surface area contributed by atoms with Crippen molar-refractivity contribution in [3.8, 4) is 6.07 Å². The van der Waals surface area contributed by atoms with Gasteiger partial charge < -0.3 is 0 Å². The van der Waals surface area contributed by atoms with Crippen LogP contribution in [0.1, 0.15) is 36.8 Å². The predicted octanol–water partition coefficient (Wildman–Crippen LogP) is 3.14. The minimum absolute atomic E-state index is 0.732. The Hall–Kier alpha value is -1.79. The number of allylic oxidation sites excluding steroid dienone is 2. The lowest BCUT2D eigenvalue weighted by Crippen LogP contribution is -2.48. The van der Waals surface area contributed by atoms with E-state index in [4.69, 9.17) is 5.26 Å². The normalized spacial score (nSPS) is 15.9. The van der Waals surface area contributed by atoms with Crippen LogP contribution in [0.2, 0.25) is 0 Å². The lowest BCUT2D eigenvalue weighted by atomic mass is 9.91. The second kappa shape index (κ2) is 6.11. The van der Waals surface area contributed by atoms with Crippen LogP contribution in [0.4, 0.5) is 0 Å². The summed E-state index contributed by atoms with van der Waals surface area (Å²) < 4.78 is 0.756. The number of benzene rings is 1. The molecule has 0 saturated carbocycles. The summed E-state index contributed by atoms with van der Waals surface area (Å²) >= 11 is 0. The molecule has 0 heterocycles. The van der Waals surface area contributed by atoms with E-state index in [1.54, 1.807) is 0 Å². The molecule has 1 aliphatic carbocycles. The van der Waals surface area contributed by atoms with Gasteiger partial charge in [0.25, 0.3) is 0 Å². The molecule has 3 heteroatoms. The first kappa shape index (κ1) is 14.6. The van der Waals surface area contributed by atoms with E-state index in [1.807, 2.05) is 12.1 Å². The standard InChI is InChI=1S/C17H24N3/c1-20(2,3)19-17-7-5-4-6-16(17)12-14-8-10-15(13-18)11-9-14/h8-11,19H,4-7,12H2,1-3H3/q+1. The molecule has 0 aliphatic heterocycles. The molecule has 3 nitrogen and oxygen atoms in total. The molecule has 0 unspecified atom stereocenters. The lowest BCUT2D eigenvalue weighted by molar-refractivity contribution is -0.911. The summed E-state index contributed by atoms with van der Waals surface area (Å²) in [5.74, 6) is 0. The number of nitrogens with one attached hydrogen (secondary N) is 1. The molecule has 0 radical (unpaired) electrons. The van der Waals surface area contributed by atoms with Gasteiger partial charge in [-0.25, -0.2) is 10.0 Å². The number of quaternary nitrogens is 1. The molecular weight excluding hydrogens is 246 g/mol. The average molecular weight is 270 g/mol. The van der Waals surface area contributed by atoms with Crippen LogP contribution in [0, 0.1) is 11.3 Å². The molecule has 106 valence electrons. The molecule has 1 aliphatic rings. The van der Waals surface area contributed by atoms with Crippen molar-refractivity contribution < 1.29 is 4.59 Å². The Morgan fingerprint density at radius 2 is 1.75 bits per heavy atom. The van der Waals surface area contributed by atoms with Crippen molar-refractivity contribution in [2.24, 2.45) is 0 Å². The van der Waals surface area contributed by atoms with Gasteiger partial charge in [-0.05, 0) is 55.4 Å². The van der Waals surface area contributed by atoms with Gasteiger partial charge in [-0.15, -0.1) is 0 Å². The van der Waals surface area contributed by atoms with Crippen molar-refractivity contribution in [1.82, 2.24) is 5.43 Å². The summed E-state index contributed by atoms with van der Waals surface area (Å²) in [6, 6.07) is 10.1. The maximum Gasteiger partial charge on any atom is 0.0991 e. The van der Waals surface area contributed by atoms with Crippen LogP contribution in [0.3, 0.4) is 0 Å². The van der Waals surface area contributed by atoms with E-state index in [-0.39, 0.29) is 0 Å². The second-order valence-corrected chi connectivity index (χ2v) is 6.40. The number of nitriles is 1. The van der Waals surface area contributed by atoms with Gasteiger partial charge >= 0.3 is 0 Å². The zero-order valence-corrected chi connectivity index (χ0v) is 12.7. The number of rotatable bonds is 4. The summed E-state index contributed by atoms with van der Waals surface area (Å²) in [5, 5.41) is 8.85. The van der Waals surface area contributed by atoms with Crippen LogP contribution < -0.4 is 5.43 Å². The van der Waals surface area contributed by atoms with Crippen molar-refractivity contribution in [2.75, 3.05) is 21.1 Å². The highest BCUT2D eigenvalue weighted by atomic mass is 15.6. The van der Waals surface area contributed by atoms with Gasteiger partial charge in [-0.1, -0.05) is 12.1 Å². The largest absolute Gasteiger partial charge is 0.241 e. The molecule has 1 aromatic carbocycles. The zero-order chi connectivity index (χ0) is 14.6. The molecule has 1 N–H and O–H groups in total. The molecule has 0 aromatic heterocycles. The van der Waals surface area contributed by atoms with Crippen molar-refractivity contribution in [1.29, 1.82) is 5.26 Å². The molecule has 0 fully saturated rings. The summed E-state index contributed by atoms with van der Waals surface area (Å²) in [6.07, 6.45) is 5.89. The summed E-state index contributed by atoms with van der Waals surface area (Å²) in [6.45, 7) is 0. The number of hydrogen-bond donors (Lipinski definition) is 1. The van der Waals surface area contributed by atoms with E-state index in [2.05, 4.69) is 44.8 Å². The highest BCUT2D eigenvalue weighted by molar-refractivity contribution is 5.34. The highest BCUT2D eigenvalue weighted by Crippen LogP contribution is 2.26. The monoisotopic (exact) mass is 270 g/mol. The van der Waals surface area contributed by atoms with Crippen molar-refractivity contribution >= 4 is 0 Å².